The van der Waals surface area contributed by atoms with E-state index in [0.29, 0.717) is 59.9 Å². The molecule has 14 nitrogen and oxygen atoms in total. The maximum absolute atomic E-state index is 13.5. The zero-order valence-corrected chi connectivity index (χ0v) is 33.5. The fraction of sp³-hybridized carbons (Fsp3) is 0.262. The third kappa shape index (κ3) is 9.81. The molecule has 0 bridgehead atoms. The minimum absolute atomic E-state index is 0.213. The standard InChI is InChI=1S/C42H47N9O5S/c1-28-10-12-31(13-11-28)51-37(27-39(49-51)57(3,4)5)47-42(53)46-35-14-15-36(34-9-7-6-8-33(34)35)56-38-16-17-44-41(48-38)45-30-24-29(25-32(26-30)54-2)40(52)43-18-19-50-20-22-55-23-21-50/h6-17,24-27H,18-23H2,1-5H3,(H,43,52)(H,44,45,48)(H2,46,47,53). The normalized spacial score (nSPS) is 13.5. The number of benzene rings is 4. The van der Waals surface area contributed by atoms with Crippen molar-refractivity contribution in [3.63, 3.8) is 0 Å². The number of nitrogens with one attached hydrogen (secondary N) is 4. The lowest BCUT2D eigenvalue weighted by Crippen LogP contribution is -2.41. The van der Waals surface area contributed by atoms with E-state index in [1.54, 1.807) is 54.4 Å². The molecular formula is C42H47N9O5S. The number of ether oxygens (including phenoxy) is 3. The lowest BCUT2D eigenvalue weighted by Gasteiger charge is -2.26. The smallest absolute Gasteiger partial charge is 0.324 e. The van der Waals surface area contributed by atoms with Crippen LogP contribution in [0.5, 0.6) is 17.4 Å². The van der Waals surface area contributed by atoms with Gasteiger partial charge in [0.15, 0.2) is 0 Å². The first-order valence-electron chi connectivity index (χ1n) is 18.5. The van der Waals surface area contributed by atoms with Crippen LogP contribution in [0.2, 0.25) is 0 Å². The maximum Gasteiger partial charge on any atom is 0.324 e. The number of anilines is 4. The van der Waals surface area contributed by atoms with Gasteiger partial charge in [-0.15, -0.1) is 0 Å². The summed E-state index contributed by atoms with van der Waals surface area (Å²) in [6.45, 7) is 6.41. The van der Waals surface area contributed by atoms with Gasteiger partial charge in [0.25, 0.3) is 5.91 Å². The molecule has 3 amide bonds. The SMILES string of the molecule is COc1cc(Nc2nccc(Oc3ccc(NC(=O)Nc4cc(S(C)(C)C)nn4-c4ccc(C)cc4)c4ccccc34)n2)cc(C(=O)NCCN2CCOCC2)c1. The van der Waals surface area contributed by atoms with Crippen molar-refractivity contribution >= 4 is 55.9 Å². The molecule has 296 valence electrons. The molecule has 0 atom stereocenters. The van der Waals surface area contributed by atoms with E-state index in [2.05, 4.69) is 54.9 Å². The van der Waals surface area contributed by atoms with Gasteiger partial charge in [-0.2, -0.15) is 10.1 Å². The van der Waals surface area contributed by atoms with Crippen molar-refractivity contribution in [3.05, 3.63) is 108 Å². The summed E-state index contributed by atoms with van der Waals surface area (Å²) >= 11 is 0. The molecule has 0 spiro atoms. The number of aryl methyl sites for hydroxylation is 1. The monoisotopic (exact) mass is 789 g/mol. The second-order valence-electron chi connectivity index (χ2n) is 14.3. The summed E-state index contributed by atoms with van der Waals surface area (Å²) in [5.74, 6) is 1.95. The Balaban J connectivity index is 1.05. The van der Waals surface area contributed by atoms with Crippen molar-refractivity contribution in [3.8, 4) is 23.1 Å². The zero-order valence-electron chi connectivity index (χ0n) is 32.7. The number of carbonyl (C=O) groups excluding carboxylic acids is 2. The first kappa shape index (κ1) is 39.1. The molecule has 3 heterocycles. The number of morpholine rings is 1. The summed E-state index contributed by atoms with van der Waals surface area (Å²) in [5, 5.41) is 19.6. The number of carbonyl (C=O) groups is 2. The number of amides is 3. The molecule has 0 radical (unpaired) electrons. The number of hydrogen-bond donors (Lipinski definition) is 4. The molecule has 0 unspecified atom stereocenters. The minimum atomic E-state index is -1.16. The van der Waals surface area contributed by atoms with E-state index in [0.717, 1.165) is 46.7 Å². The predicted molar refractivity (Wildman–Crippen MR) is 226 cm³/mol. The fourth-order valence-corrected chi connectivity index (χ4v) is 7.04. The highest BCUT2D eigenvalue weighted by Gasteiger charge is 2.20. The summed E-state index contributed by atoms with van der Waals surface area (Å²) in [6.07, 6.45) is 8.09. The van der Waals surface area contributed by atoms with Gasteiger partial charge in [-0.05, 0) is 62.1 Å². The van der Waals surface area contributed by atoms with Gasteiger partial charge in [-0.25, -0.2) is 24.5 Å². The van der Waals surface area contributed by atoms with Crippen LogP contribution < -0.4 is 30.7 Å². The number of hydrogen-bond acceptors (Lipinski definition) is 10. The van der Waals surface area contributed by atoms with Crippen molar-refractivity contribution in [1.29, 1.82) is 0 Å². The number of urea groups is 1. The summed E-state index contributed by atoms with van der Waals surface area (Å²) in [4.78, 5) is 37.8. The number of nitrogens with zero attached hydrogens (tertiary/aromatic N) is 5. The van der Waals surface area contributed by atoms with Crippen LogP contribution in [-0.2, 0) is 4.74 Å². The molecule has 15 heteroatoms. The van der Waals surface area contributed by atoms with E-state index in [9.17, 15) is 9.59 Å². The Hall–Kier alpha value is -6.16. The molecule has 7 rings (SSSR count). The Morgan fingerprint density at radius 2 is 1.67 bits per heavy atom. The third-order valence-electron chi connectivity index (χ3n) is 9.29. The highest BCUT2D eigenvalue weighted by Crippen LogP contribution is 2.45. The summed E-state index contributed by atoms with van der Waals surface area (Å²) in [5.41, 5.74) is 3.60. The molecule has 1 fully saturated rings. The summed E-state index contributed by atoms with van der Waals surface area (Å²) in [6, 6.07) is 27.6. The molecule has 0 aliphatic carbocycles. The highest BCUT2D eigenvalue weighted by molar-refractivity contribution is 8.32. The van der Waals surface area contributed by atoms with Crippen LogP contribution in [0.4, 0.5) is 27.9 Å². The maximum atomic E-state index is 13.5. The first-order valence-corrected chi connectivity index (χ1v) is 21.4. The van der Waals surface area contributed by atoms with Gasteiger partial charge in [0, 0.05) is 72.6 Å². The second kappa shape index (κ2) is 17.3. The number of fused-ring (bicyclic) bond motifs is 1. The van der Waals surface area contributed by atoms with Crippen LogP contribution in [0.15, 0.2) is 102 Å². The van der Waals surface area contributed by atoms with E-state index < -0.39 is 16.1 Å². The van der Waals surface area contributed by atoms with E-state index in [1.165, 1.54) is 0 Å². The predicted octanol–water partition coefficient (Wildman–Crippen LogP) is 7.43. The van der Waals surface area contributed by atoms with Crippen molar-refractivity contribution < 1.29 is 23.8 Å². The van der Waals surface area contributed by atoms with Crippen LogP contribution in [0, 0.1) is 6.92 Å². The molecule has 1 saturated heterocycles. The first-order chi connectivity index (χ1) is 27.5. The molecule has 6 aromatic rings. The Kier molecular flexibility index (Phi) is 11.9. The van der Waals surface area contributed by atoms with Gasteiger partial charge in [0.1, 0.15) is 22.3 Å². The van der Waals surface area contributed by atoms with Crippen LogP contribution in [-0.4, -0.2) is 102 Å². The molecule has 1 aliphatic rings. The van der Waals surface area contributed by atoms with E-state index >= 15 is 0 Å². The molecule has 4 N–H and O–H groups in total. The van der Waals surface area contributed by atoms with Crippen molar-refractivity contribution in [2.45, 2.75) is 11.9 Å². The van der Waals surface area contributed by atoms with Gasteiger partial charge in [-0.3, -0.25) is 15.0 Å². The second-order valence-corrected chi connectivity index (χ2v) is 18.4. The van der Waals surface area contributed by atoms with Crippen LogP contribution >= 0.6 is 10.0 Å². The van der Waals surface area contributed by atoms with E-state index in [4.69, 9.17) is 19.3 Å². The minimum Gasteiger partial charge on any atom is -0.497 e. The van der Waals surface area contributed by atoms with Crippen LogP contribution in [0.3, 0.4) is 0 Å². The molecular weight excluding hydrogens is 743 g/mol. The van der Waals surface area contributed by atoms with Gasteiger partial charge >= 0.3 is 6.03 Å². The van der Waals surface area contributed by atoms with Crippen LogP contribution in [0.1, 0.15) is 15.9 Å². The lowest BCUT2D eigenvalue weighted by molar-refractivity contribution is 0.0383. The largest absolute Gasteiger partial charge is 0.497 e. The van der Waals surface area contributed by atoms with Crippen LogP contribution in [0.25, 0.3) is 16.5 Å². The third-order valence-corrected chi connectivity index (χ3v) is 10.7. The molecule has 0 saturated carbocycles. The molecule has 2 aromatic heterocycles. The van der Waals surface area contributed by atoms with Gasteiger partial charge < -0.3 is 30.2 Å². The van der Waals surface area contributed by atoms with Crippen molar-refractivity contribution in [2.75, 3.05) is 81.2 Å². The van der Waals surface area contributed by atoms with E-state index in [-0.39, 0.29) is 11.9 Å². The van der Waals surface area contributed by atoms with Crippen molar-refractivity contribution in [2.24, 2.45) is 0 Å². The Bertz CT molecular complexity index is 2370. The Morgan fingerprint density at radius 1 is 0.895 bits per heavy atom. The Morgan fingerprint density at radius 3 is 2.42 bits per heavy atom. The zero-order chi connectivity index (χ0) is 39.9. The van der Waals surface area contributed by atoms with Gasteiger partial charge in [0.05, 0.1) is 31.7 Å². The fourth-order valence-electron chi connectivity index (χ4n) is 6.25. The lowest BCUT2D eigenvalue weighted by atomic mass is 10.1. The highest BCUT2D eigenvalue weighted by atomic mass is 32.3. The average Bonchev–Trinajstić information content (AvgIpc) is 3.64. The van der Waals surface area contributed by atoms with E-state index in [1.807, 2.05) is 61.5 Å². The molecule has 57 heavy (non-hydrogen) atoms. The molecule has 1 aliphatic heterocycles. The summed E-state index contributed by atoms with van der Waals surface area (Å²) in [7, 11) is 0.387. The van der Waals surface area contributed by atoms with Gasteiger partial charge in [0.2, 0.25) is 11.8 Å². The topological polar surface area (TPSA) is 157 Å². The molecule has 4 aromatic carbocycles. The number of rotatable bonds is 13. The number of methoxy groups -OCH3 is 1. The summed E-state index contributed by atoms with van der Waals surface area (Å²) < 4.78 is 19.0. The average molecular weight is 790 g/mol. The van der Waals surface area contributed by atoms with Gasteiger partial charge in [-0.1, -0.05) is 42.0 Å². The number of aromatic nitrogens is 4. The van der Waals surface area contributed by atoms with Crippen molar-refractivity contribution in [1.82, 2.24) is 30.0 Å². The quantitative estimate of drug-likeness (QED) is 0.0929. The Labute approximate surface area is 333 Å².